The molecule has 0 bridgehead atoms. The van der Waals surface area contributed by atoms with Crippen molar-refractivity contribution in [3.8, 4) is 0 Å². The molecule has 0 saturated heterocycles. The molecule has 1 nitrogen and oxygen atoms in total. The Labute approximate surface area is 105 Å². The van der Waals surface area contributed by atoms with Gasteiger partial charge in [-0.05, 0) is 24.8 Å². The topological polar surface area (TPSA) is 26.0 Å². The summed E-state index contributed by atoms with van der Waals surface area (Å²) >= 11 is 0. The summed E-state index contributed by atoms with van der Waals surface area (Å²) in [6.07, 6.45) is 9.30. The molecule has 1 aromatic carbocycles. The number of hydrogen-bond donors (Lipinski definition) is 1. The van der Waals surface area contributed by atoms with E-state index in [-0.39, 0.29) is 11.5 Å². The molecule has 1 heteroatoms. The second kappa shape index (κ2) is 5.50. The Balaban J connectivity index is 2.32. The number of nitrogens with two attached hydrogens (primary N) is 1. The van der Waals surface area contributed by atoms with Gasteiger partial charge in [0, 0.05) is 11.5 Å². The van der Waals surface area contributed by atoms with E-state index in [1.807, 2.05) is 6.08 Å². The maximum Gasteiger partial charge on any atom is 0.0171 e. The van der Waals surface area contributed by atoms with Crippen LogP contribution in [0.3, 0.4) is 0 Å². The highest BCUT2D eigenvalue weighted by Crippen LogP contribution is 2.42. The van der Waals surface area contributed by atoms with Crippen LogP contribution in [-0.2, 0) is 5.41 Å². The first-order valence-corrected chi connectivity index (χ1v) is 6.71. The van der Waals surface area contributed by atoms with Gasteiger partial charge in [-0.3, -0.25) is 0 Å². The van der Waals surface area contributed by atoms with Crippen LogP contribution in [0.15, 0.2) is 43.0 Å². The van der Waals surface area contributed by atoms with Crippen molar-refractivity contribution in [1.29, 1.82) is 0 Å². The Morgan fingerprint density at radius 2 is 1.82 bits per heavy atom. The smallest absolute Gasteiger partial charge is 0.0171 e. The summed E-state index contributed by atoms with van der Waals surface area (Å²) in [4.78, 5) is 0. The Morgan fingerprint density at radius 3 is 2.41 bits per heavy atom. The van der Waals surface area contributed by atoms with Crippen molar-refractivity contribution in [2.45, 2.75) is 50.0 Å². The van der Waals surface area contributed by atoms with Gasteiger partial charge in [-0.2, -0.15) is 0 Å². The molecule has 0 aromatic heterocycles. The first-order chi connectivity index (χ1) is 8.29. The number of benzene rings is 1. The molecule has 92 valence electrons. The molecule has 0 heterocycles. The van der Waals surface area contributed by atoms with Crippen LogP contribution in [0.25, 0.3) is 0 Å². The highest BCUT2D eigenvalue weighted by molar-refractivity contribution is 5.28. The van der Waals surface area contributed by atoms with Crippen LogP contribution >= 0.6 is 0 Å². The fraction of sp³-hybridized carbons (Fsp3) is 0.500. The zero-order valence-corrected chi connectivity index (χ0v) is 10.6. The Morgan fingerprint density at radius 1 is 1.18 bits per heavy atom. The lowest BCUT2D eigenvalue weighted by Gasteiger charge is -2.42. The first kappa shape index (κ1) is 12.4. The van der Waals surface area contributed by atoms with Gasteiger partial charge in [0.15, 0.2) is 0 Å². The van der Waals surface area contributed by atoms with Gasteiger partial charge in [0.1, 0.15) is 0 Å². The van der Waals surface area contributed by atoms with Crippen LogP contribution in [0.4, 0.5) is 0 Å². The molecule has 1 unspecified atom stereocenters. The maximum atomic E-state index is 6.45. The predicted octanol–water partition coefficient (Wildman–Crippen LogP) is 3.79. The third-order valence-electron chi connectivity index (χ3n) is 4.22. The second-order valence-electron chi connectivity index (χ2n) is 5.21. The molecule has 2 N–H and O–H groups in total. The monoisotopic (exact) mass is 229 g/mol. The molecule has 1 atom stereocenters. The molecule has 0 amide bonds. The van der Waals surface area contributed by atoms with Crippen LogP contribution < -0.4 is 5.73 Å². The van der Waals surface area contributed by atoms with Crippen LogP contribution in [0.1, 0.15) is 44.1 Å². The van der Waals surface area contributed by atoms with Gasteiger partial charge in [0.25, 0.3) is 0 Å². The Kier molecular flexibility index (Phi) is 4.01. The number of rotatable bonds is 4. The summed E-state index contributed by atoms with van der Waals surface area (Å²) in [7, 11) is 0. The highest BCUT2D eigenvalue weighted by atomic mass is 14.7. The summed E-state index contributed by atoms with van der Waals surface area (Å²) in [5, 5.41) is 0. The molecular weight excluding hydrogens is 206 g/mol. The zero-order chi connectivity index (χ0) is 12.1. The quantitative estimate of drug-likeness (QED) is 0.781. The molecule has 1 fully saturated rings. The Bertz CT molecular complexity index is 349. The molecule has 0 aliphatic heterocycles. The summed E-state index contributed by atoms with van der Waals surface area (Å²) in [5.74, 6) is 0. The molecule has 1 saturated carbocycles. The number of hydrogen-bond acceptors (Lipinski definition) is 1. The molecular formula is C16H23N. The molecule has 1 aromatic rings. The third kappa shape index (κ3) is 2.44. The average molecular weight is 229 g/mol. The Hall–Kier alpha value is -1.08. The highest BCUT2D eigenvalue weighted by Gasteiger charge is 2.38. The predicted molar refractivity (Wildman–Crippen MR) is 74.0 cm³/mol. The maximum absolute atomic E-state index is 6.45. The van der Waals surface area contributed by atoms with Gasteiger partial charge in [0.2, 0.25) is 0 Å². The van der Waals surface area contributed by atoms with Crippen LogP contribution in [0.2, 0.25) is 0 Å². The van der Waals surface area contributed by atoms with Crippen molar-refractivity contribution in [3.05, 3.63) is 48.6 Å². The minimum Gasteiger partial charge on any atom is -0.327 e. The molecule has 1 aliphatic rings. The molecule has 2 rings (SSSR count). The van der Waals surface area contributed by atoms with Gasteiger partial charge >= 0.3 is 0 Å². The lowest BCUT2D eigenvalue weighted by Crippen LogP contribution is -2.46. The fourth-order valence-electron chi connectivity index (χ4n) is 3.23. The van der Waals surface area contributed by atoms with E-state index in [0.29, 0.717) is 0 Å². The largest absolute Gasteiger partial charge is 0.327 e. The summed E-state index contributed by atoms with van der Waals surface area (Å²) in [5.41, 5.74) is 8.07. The van der Waals surface area contributed by atoms with Crippen molar-refractivity contribution in [2.75, 3.05) is 0 Å². The lowest BCUT2D eigenvalue weighted by atomic mass is 9.64. The SMILES string of the molecule is C=CCC(N)C1(c2ccccc2)CCCCC1. The van der Waals surface area contributed by atoms with Crippen LogP contribution in [-0.4, -0.2) is 6.04 Å². The summed E-state index contributed by atoms with van der Waals surface area (Å²) in [6.45, 7) is 3.84. The third-order valence-corrected chi connectivity index (χ3v) is 4.22. The minimum atomic E-state index is 0.188. The summed E-state index contributed by atoms with van der Waals surface area (Å²) < 4.78 is 0. The van der Waals surface area contributed by atoms with E-state index in [0.717, 1.165) is 6.42 Å². The van der Waals surface area contributed by atoms with Crippen molar-refractivity contribution in [3.63, 3.8) is 0 Å². The van der Waals surface area contributed by atoms with Crippen molar-refractivity contribution in [2.24, 2.45) is 5.73 Å². The average Bonchev–Trinajstić information content (AvgIpc) is 2.41. The van der Waals surface area contributed by atoms with Crippen LogP contribution in [0.5, 0.6) is 0 Å². The molecule has 0 spiro atoms. The first-order valence-electron chi connectivity index (χ1n) is 6.71. The van der Waals surface area contributed by atoms with E-state index in [1.54, 1.807) is 0 Å². The van der Waals surface area contributed by atoms with Gasteiger partial charge in [-0.1, -0.05) is 55.7 Å². The van der Waals surface area contributed by atoms with E-state index in [2.05, 4.69) is 36.9 Å². The zero-order valence-electron chi connectivity index (χ0n) is 10.6. The van der Waals surface area contributed by atoms with Gasteiger partial charge in [-0.25, -0.2) is 0 Å². The van der Waals surface area contributed by atoms with Crippen molar-refractivity contribution < 1.29 is 0 Å². The molecule has 0 radical (unpaired) electrons. The second-order valence-corrected chi connectivity index (χ2v) is 5.21. The van der Waals surface area contributed by atoms with Crippen LogP contribution in [0, 0.1) is 0 Å². The molecule has 17 heavy (non-hydrogen) atoms. The normalized spacial score (nSPS) is 20.8. The van der Waals surface area contributed by atoms with E-state index < -0.39 is 0 Å². The van der Waals surface area contributed by atoms with Gasteiger partial charge in [-0.15, -0.1) is 6.58 Å². The van der Waals surface area contributed by atoms with Gasteiger partial charge in [0.05, 0.1) is 0 Å². The standard InChI is InChI=1S/C16H23N/c1-2-9-15(17)16(12-7-4-8-13-16)14-10-5-3-6-11-14/h2-3,5-6,10-11,15H,1,4,7-9,12-13,17H2. The lowest BCUT2D eigenvalue weighted by molar-refractivity contribution is 0.243. The van der Waals surface area contributed by atoms with E-state index >= 15 is 0 Å². The van der Waals surface area contributed by atoms with E-state index in [9.17, 15) is 0 Å². The van der Waals surface area contributed by atoms with E-state index in [1.165, 1.54) is 37.7 Å². The summed E-state index contributed by atoms with van der Waals surface area (Å²) in [6, 6.07) is 11.0. The van der Waals surface area contributed by atoms with Gasteiger partial charge < -0.3 is 5.73 Å². The van der Waals surface area contributed by atoms with E-state index in [4.69, 9.17) is 5.73 Å². The van der Waals surface area contributed by atoms with Crippen molar-refractivity contribution >= 4 is 0 Å². The minimum absolute atomic E-state index is 0.188. The fourth-order valence-corrected chi connectivity index (χ4v) is 3.23. The molecule has 1 aliphatic carbocycles. The van der Waals surface area contributed by atoms with Crippen molar-refractivity contribution in [1.82, 2.24) is 0 Å².